The van der Waals surface area contributed by atoms with Crippen molar-refractivity contribution in [1.29, 1.82) is 0 Å². The number of anilines is 1. The topological polar surface area (TPSA) is 95.9 Å². The SMILES string of the molecule is CCOC(=O)[C@@H]1[C@H]2C(=O)N(CCCCCO)C(C(=O)Nc3c(C)cccc3Cl)C23S[C@@H]1CC3C. The van der Waals surface area contributed by atoms with Crippen LogP contribution in [0.3, 0.4) is 0 Å². The summed E-state index contributed by atoms with van der Waals surface area (Å²) in [6.45, 7) is 6.49. The molecule has 0 aliphatic carbocycles. The molecule has 2 N–H and O–H groups in total. The number of benzene rings is 1. The largest absolute Gasteiger partial charge is 0.466 e. The molecule has 0 radical (unpaired) electrons. The van der Waals surface area contributed by atoms with Gasteiger partial charge in [-0.15, -0.1) is 11.8 Å². The Morgan fingerprint density at radius 2 is 2.09 bits per heavy atom. The summed E-state index contributed by atoms with van der Waals surface area (Å²) < 4.78 is 4.68. The molecule has 1 aromatic rings. The Labute approximate surface area is 209 Å². The van der Waals surface area contributed by atoms with Crippen LogP contribution in [0.4, 0.5) is 5.69 Å². The van der Waals surface area contributed by atoms with Gasteiger partial charge >= 0.3 is 5.97 Å². The maximum Gasteiger partial charge on any atom is 0.310 e. The quantitative estimate of drug-likeness (QED) is 0.390. The molecule has 3 fully saturated rings. The third-order valence-corrected chi connectivity index (χ3v) is 9.97. The lowest BCUT2D eigenvalue weighted by Crippen LogP contribution is -2.54. The first-order chi connectivity index (χ1) is 16.3. The van der Waals surface area contributed by atoms with Crippen molar-refractivity contribution < 1.29 is 24.2 Å². The molecule has 4 rings (SSSR count). The maximum absolute atomic E-state index is 13.9. The van der Waals surface area contributed by atoms with Crippen LogP contribution in [0.25, 0.3) is 0 Å². The standard InChI is InChI=1S/C25H33ClN2O5S/c1-4-33-24(32)18-17-13-15(3)25(34-17)19(18)23(31)28(11-6-5-7-12-29)21(25)22(30)27-20-14(2)9-8-10-16(20)26/h8-10,15,17-19,21,29H,4-7,11-13H2,1-3H3,(H,27,30)/t15?,17-,18+,19+,21?,25?/m1/s1. The van der Waals surface area contributed by atoms with Gasteiger partial charge < -0.3 is 20.1 Å². The number of hydrogen-bond donors (Lipinski definition) is 2. The van der Waals surface area contributed by atoms with Crippen LogP contribution >= 0.6 is 23.4 Å². The van der Waals surface area contributed by atoms with Crippen LogP contribution in [-0.2, 0) is 19.1 Å². The Bertz CT molecular complexity index is 954. The van der Waals surface area contributed by atoms with Crippen molar-refractivity contribution in [3.8, 4) is 0 Å². The minimum Gasteiger partial charge on any atom is -0.466 e. The number of carbonyl (C=O) groups excluding carboxylic acids is 3. The number of halogens is 1. The summed E-state index contributed by atoms with van der Waals surface area (Å²) in [4.78, 5) is 42.4. The van der Waals surface area contributed by atoms with Crippen molar-refractivity contribution in [3.05, 3.63) is 28.8 Å². The molecule has 1 aromatic carbocycles. The normalized spacial score (nSPS) is 31.6. The predicted octanol–water partition coefficient (Wildman–Crippen LogP) is 3.65. The number of amides is 2. The zero-order valence-electron chi connectivity index (χ0n) is 19.9. The van der Waals surface area contributed by atoms with Crippen molar-refractivity contribution in [2.45, 2.75) is 62.5 Å². The Kier molecular flexibility index (Phi) is 7.50. The summed E-state index contributed by atoms with van der Waals surface area (Å²) in [5, 5.41) is 12.6. The van der Waals surface area contributed by atoms with Gasteiger partial charge in [0.25, 0.3) is 0 Å². The number of aryl methyl sites for hydroxylation is 1. The predicted molar refractivity (Wildman–Crippen MR) is 133 cm³/mol. The van der Waals surface area contributed by atoms with E-state index in [1.165, 1.54) is 0 Å². The van der Waals surface area contributed by atoms with Gasteiger partial charge in [-0.1, -0.05) is 30.7 Å². The van der Waals surface area contributed by atoms with E-state index in [0.29, 0.717) is 30.1 Å². The highest BCUT2D eigenvalue weighted by molar-refractivity contribution is 8.02. The summed E-state index contributed by atoms with van der Waals surface area (Å²) in [5.41, 5.74) is 1.39. The van der Waals surface area contributed by atoms with Gasteiger partial charge in [0.1, 0.15) is 6.04 Å². The second-order valence-electron chi connectivity index (χ2n) is 9.54. The molecular formula is C25H33ClN2O5S. The number of hydrogen-bond acceptors (Lipinski definition) is 6. The lowest BCUT2D eigenvalue weighted by Gasteiger charge is -2.38. The van der Waals surface area contributed by atoms with E-state index in [2.05, 4.69) is 12.2 Å². The lowest BCUT2D eigenvalue weighted by atomic mass is 9.66. The fraction of sp³-hybridized carbons (Fsp3) is 0.640. The first-order valence-corrected chi connectivity index (χ1v) is 13.3. The molecule has 1 spiro atoms. The van der Waals surface area contributed by atoms with Crippen molar-refractivity contribution in [2.24, 2.45) is 17.8 Å². The monoisotopic (exact) mass is 508 g/mol. The van der Waals surface area contributed by atoms with Crippen LogP contribution in [-0.4, -0.2) is 63.6 Å². The van der Waals surface area contributed by atoms with Crippen LogP contribution in [0, 0.1) is 24.7 Å². The van der Waals surface area contributed by atoms with Crippen LogP contribution in [0.2, 0.25) is 5.02 Å². The second kappa shape index (κ2) is 10.1. The minimum atomic E-state index is -0.709. The Morgan fingerprint density at radius 1 is 1.32 bits per heavy atom. The summed E-state index contributed by atoms with van der Waals surface area (Å²) >= 11 is 8.02. The third-order valence-electron chi connectivity index (χ3n) is 7.58. The van der Waals surface area contributed by atoms with Gasteiger partial charge in [-0.2, -0.15) is 0 Å². The molecule has 2 amide bonds. The highest BCUT2D eigenvalue weighted by Crippen LogP contribution is 2.68. The van der Waals surface area contributed by atoms with E-state index < -0.39 is 22.6 Å². The zero-order valence-corrected chi connectivity index (χ0v) is 21.5. The van der Waals surface area contributed by atoms with Crippen LogP contribution in [0.15, 0.2) is 18.2 Å². The first-order valence-electron chi connectivity index (χ1n) is 12.1. The van der Waals surface area contributed by atoms with Gasteiger partial charge in [0.2, 0.25) is 11.8 Å². The van der Waals surface area contributed by atoms with Gasteiger partial charge in [0, 0.05) is 18.4 Å². The summed E-state index contributed by atoms with van der Waals surface area (Å²) in [5.74, 6) is -1.76. The molecule has 34 heavy (non-hydrogen) atoms. The number of unbranched alkanes of at least 4 members (excludes halogenated alkanes) is 2. The second-order valence-corrected chi connectivity index (χ2v) is 11.5. The Balaban J connectivity index is 1.71. The molecule has 3 aliphatic rings. The number of ether oxygens (including phenoxy) is 1. The van der Waals surface area contributed by atoms with Gasteiger partial charge in [0.05, 0.1) is 33.9 Å². The van der Waals surface area contributed by atoms with E-state index in [-0.39, 0.29) is 42.2 Å². The number of aliphatic hydroxyl groups excluding tert-OH is 1. The number of nitrogens with zero attached hydrogens (tertiary/aromatic N) is 1. The number of rotatable bonds is 9. The number of thioether (sulfide) groups is 1. The molecule has 7 nitrogen and oxygen atoms in total. The van der Waals surface area contributed by atoms with Gasteiger partial charge in [0.15, 0.2) is 0 Å². The number of aliphatic hydroxyl groups is 1. The average Bonchev–Trinajstić information content (AvgIpc) is 3.38. The molecule has 3 aliphatic heterocycles. The maximum atomic E-state index is 13.9. The van der Waals surface area contributed by atoms with Crippen molar-refractivity contribution in [1.82, 2.24) is 4.90 Å². The molecule has 186 valence electrons. The molecule has 2 bridgehead atoms. The highest BCUT2D eigenvalue weighted by Gasteiger charge is 2.76. The summed E-state index contributed by atoms with van der Waals surface area (Å²) in [6.07, 6.45) is 2.84. The molecular weight excluding hydrogens is 476 g/mol. The van der Waals surface area contributed by atoms with E-state index in [9.17, 15) is 14.4 Å². The molecule has 3 unspecified atom stereocenters. The molecule has 9 heteroatoms. The number of fused-ring (bicyclic) bond motifs is 1. The number of esters is 1. The van der Waals surface area contributed by atoms with Gasteiger partial charge in [-0.05, 0) is 57.1 Å². The van der Waals surface area contributed by atoms with Crippen LogP contribution < -0.4 is 5.32 Å². The van der Waals surface area contributed by atoms with E-state index in [1.807, 2.05) is 19.1 Å². The first kappa shape index (κ1) is 25.3. The fourth-order valence-corrected chi connectivity index (χ4v) is 8.80. The molecule has 3 heterocycles. The van der Waals surface area contributed by atoms with Crippen molar-refractivity contribution in [3.63, 3.8) is 0 Å². The number of likely N-dealkylation sites (tertiary alicyclic amines) is 1. The van der Waals surface area contributed by atoms with E-state index in [0.717, 1.165) is 18.4 Å². The highest BCUT2D eigenvalue weighted by atomic mass is 35.5. The lowest BCUT2D eigenvalue weighted by molar-refractivity contribution is -0.154. The summed E-state index contributed by atoms with van der Waals surface area (Å²) in [6, 6.07) is 4.73. The van der Waals surface area contributed by atoms with E-state index in [4.69, 9.17) is 21.4 Å². The number of carbonyl (C=O) groups is 3. The smallest absolute Gasteiger partial charge is 0.310 e. The summed E-state index contributed by atoms with van der Waals surface area (Å²) in [7, 11) is 0. The average molecular weight is 509 g/mol. The number of nitrogens with one attached hydrogen (secondary N) is 1. The molecule has 0 aromatic heterocycles. The Morgan fingerprint density at radius 3 is 2.76 bits per heavy atom. The van der Waals surface area contributed by atoms with E-state index in [1.54, 1.807) is 29.7 Å². The molecule has 3 saturated heterocycles. The molecule has 6 atom stereocenters. The van der Waals surface area contributed by atoms with Crippen molar-refractivity contribution in [2.75, 3.05) is 25.1 Å². The van der Waals surface area contributed by atoms with Crippen molar-refractivity contribution >= 4 is 46.8 Å². The van der Waals surface area contributed by atoms with Crippen LogP contribution in [0.5, 0.6) is 0 Å². The minimum absolute atomic E-state index is 0.0307. The fourth-order valence-electron chi connectivity index (χ4n) is 6.12. The van der Waals surface area contributed by atoms with Crippen LogP contribution in [0.1, 0.15) is 45.1 Å². The molecule has 0 saturated carbocycles. The zero-order chi connectivity index (χ0) is 24.6. The van der Waals surface area contributed by atoms with Gasteiger partial charge in [-0.3, -0.25) is 14.4 Å². The third kappa shape index (κ3) is 4.01. The Hall–Kier alpha value is -1.77. The number of para-hydroxylation sites is 1. The van der Waals surface area contributed by atoms with E-state index >= 15 is 0 Å². The van der Waals surface area contributed by atoms with Gasteiger partial charge in [-0.25, -0.2) is 0 Å².